The summed E-state index contributed by atoms with van der Waals surface area (Å²) < 4.78 is 0. The van der Waals surface area contributed by atoms with Crippen molar-refractivity contribution in [2.24, 2.45) is 23.2 Å². The van der Waals surface area contributed by atoms with Crippen LogP contribution in [0.15, 0.2) is 36.6 Å². The Labute approximate surface area is 500 Å². The highest BCUT2D eigenvalue weighted by Crippen LogP contribution is 2.34. The highest BCUT2D eigenvalue weighted by molar-refractivity contribution is 5.08. The average molecular weight is 1110 g/mol. The predicted octanol–water partition coefficient (Wildman–Crippen LogP) is 25.2. The monoisotopic (exact) mass is 1100 g/mol. The van der Waals surface area contributed by atoms with E-state index in [1.54, 1.807) is 11.1 Å². The Kier molecular flexibility index (Phi) is 56.4. The number of rotatable bonds is 65. The van der Waals surface area contributed by atoms with Crippen LogP contribution in [0.3, 0.4) is 0 Å². The number of nitrogens with one attached hydrogen (secondary N) is 3. The second-order valence-corrected chi connectivity index (χ2v) is 27.1. The largest absolute Gasteiger partial charge is 0.388 e. The summed E-state index contributed by atoms with van der Waals surface area (Å²) in [6, 6.07) is 0. The van der Waals surface area contributed by atoms with E-state index in [4.69, 9.17) is 13.2 Å². The van der Waals surface area contributed by atoms with E-state index < -0.39 is 0 Å². The molecule has 0 spiro atoms. The first kappa shape index (κ1) is 76.0. The van der Waals surface area contributed by atoms with Gasteiger partial charge in [-0.15, -0.1) is 0 Å². The van der Waals surface area contributed by atoms with Crippen molar-refractivity contribution in [1.29, 1.82) is 0 Å². The van der Waals surface area contributed by atoms with Gasteiger partial charge < -0.3 is 16.0 Å². The Morgan fingerprint density at radius 3 is 0.975 bits per heavy atom. The second-order valence-electron chi connectivity index (χ2n) is 27.1. The van der Waals surface area contributed by atoms with Crippen LogP contribution >= 0.6 is 0 Å². The van der Waals surface area contributed by atoms with E-state index in [0.29, 0.717) is 0 Å². The molecule has 0 amide bonds. The number of unbranched alkanes of at least 4 members (excludes halogenated alkanes) is 39. The van der Waals surface area contributed by atoms with Gasteiger partial charge in [-0.1, -0.05) is 335 Å². The van der Waals surface area contributed by atoms with Crippen molar-refractivity contribution in [1.82, 2.24) is 16.0 Å². The lowest BCUT2D eigenvalue weighted by Gasteiger charge is -2.36. The Balaban J connectivity index is 2.44. The lowest BCUT2D eigenvalue weighted by atomic mass is 9.78. The summed E-state index contributed by atoms with van der Waals surface area (Å²) in [4.78, 5) is 0. The van der Waals surface area contributed by atoms with Crippen molar-refractivity contribution >= 4 is 0 Å². The number of allylic oxidation sites excluding steroid dienone is 3. The molecule has 0 bridgehead atoms. The normalized spacial score (nSPS) is 14.0. The van der Waals surface area contributed by atoms with Gasteiger partial charge in [0.2, 0.25) is 0 Å². The van der Waals surface area contributed by atoms with E-state index in [-0.39, 0.29) is 5.41 Å². The first-order valence-corrected chi connectivity index (χ1v) is 37.0. The van der Waals surface area contributed by atoms with Crippen LogP contribution in [0.2, 0.25) is 0 Å². The lowest BCUT2D eigenvalue weighted by Crippen LogP contribution is -2.39. The number of hydrogen-bond donors (Lipinski definition) is 3. The zero-order valence-corrected chi connectivity index (χ0v) is 55.5. The minimum absolute atomic E-state index is 0.281. The summed E-state index contributed by atoms with van der Waals surface area (Å²) in [5, 5.41) is 11.2. The summed E-state index contributed by atoms with van der Waals surface area (Å²) in [6.07, 6.45) is 78.4. The van der Waals surface area contributed by atoms with Crippen molar-refractivity contribution in [3.8, 4) is 0 Å². The third-order valence-corrected chi connectivity index (χ3v) is 19.5. The Hall–Kier alpha value is -1.06. The standard InChI is InChI=1S/C76H149N3/c1-9-13-17-21-39-49-59-74(60-50-40-22-18-14-10-2)70(5)55-45-35-29-28-30-37-47-57-73(69-78-65-53-43-33-26-25-27-34-44-54-66-79-72(7)76(8)63-67-77-68-64-76)58-48-38-32-31-36-46-56-71(6)75(61-51-41-23-19-15-11-3)62-52-42-24-20-16-12-4/h73-75,77-79H,5-7,9-69H2,1-4,8H3. The summed E-state index contributed by atoms with van der Waals surface area (Å²) in [6.45, 7) is 31.4. The molecule has 0 aliphatic carbocycles. The van der Waals surface area contributed by atoms with Crippen molar-refractivity contribution in [3.05, 3.63) is 36.6 Å². The summed E-state index contributed by atoms with van der Waals surface area (Å²) in [5.74, 6) is 2.44. The van der Waals surface area contributed by atoms with E-state index in [2.05, 4.69) is 57.1 Å². The predicted molar refractivity (Wildman–Crippen MR) is 361 cm³/mol. The average Bonchev–Trinajstić information content (AvgIpc) is 3.46. The molecule has 0 aromatic heterocycles. The fraction of sp³-hybridized carbons (Fsp3) is 0.921. The second kappa shape index (κ2) is 58.7. The maximum Gasteiger partial charge on any atom is 0.0143 e. The van der Waals surface area contributed by atoms with Crippen LogP contribution in [0.5, 0.6) is 0 Å². The van der Waals surface area contributed by atoms with E-state index >= 15 is 0 Å². The van der Waals surface area contributed by atoms with Gasteiger partial charge >= 0.3 is 0 Å². The maximum absolute atomic E-state index is 4.74. The molecular weight excluding hydrogens is 955 g/mol. The molecule has 0 aromatic carbocycles. The minimum Gasteiger partial charge on any atom is -0.388 e. The quantitative estimate of drug-likeness (QED) is 0.0420. The lowest BCUT2D eigenvalue weighted by molar-refractivity contribution is 0.267. The smallest absolute Gasteiger partial charge is 0.0143 e. The zero-order valence-electron chi connectivity index (χ0n) is 55.5. The third kappa shape index (κ3) is 47.9. The molecule has 0 radical (unpaired) electrons. The van der Waals surface area contributed by atoms with Crippen LogP contribution in [-0.2, 0) is 0 Å². The molecule has 468 valence electrons. The van der Waals surface area contributed by atoms with Crippen molar-refractivity contribution < 1.29 is 0 Å². The highest BCUT2D eigenvalue weighted by atomic mass is 14.9. The Morgan fingerprint density at radius 1 is 0.354 bits per heavy atom. The molecule has 1 aliphatic rings. The van der Waals surface area contributed by atoms with Gasteiger partial charge in [-0.3, -0.25) is 0 Å². The van der Waals surface area contributed by atoms with E-state index in [9.17, 15) is 0 Å². The third-order valence-electron chi connectivity index (χ3n) is 19.5. The SMILES string of the molecule is C=C(CCCCCCCCCC(CCCCCCCCC(=C)C(CCCCCCCC)CCCCCCCC)CNCCCCCCCCCCCNC(=C)C1(C)CCNCC1)C(CCCCCCCC)CCCCCCCC. The van der Waals surface area contributed by atoms with Gasteiger partial charge in [-0.05, 0) is 134 Å². The highest BCUT2D eigenvalue weighted by Gasteiger charge is 2.29. The van der Waals surface area contributed by atoms with Crippen molar-refractivity contribution in [2.45, 2.75) is 394 Å². The van der Waals surface area contributed by atoms with Crippen LogP contribution in [0, 0.1) is 23.2 Å². The van der Waals surface area contributed by atoms with Crippen LogP contribution in [0.1, 0.15) is 394 Å². The van der Waals surface area contributed by atoms with Crippen molar-refractivity contribution in [3.63, 3.8) is 0 Å². The molecular formula is C76H149N3. The van der Waals surface area contributed by atoms with E-state index in [1.165, 1.54) is 378 Å². The molecule has 1 heterocycles. The zero-order chi connectivity index (χ0) is 57.2. The molecule has 1 atom stereocenters. The maximum atomic E-state index is 4.74. The van der Waals surface area contributed by atoms with Gasteiger partial charge in [0.15, 0.2) is 0 Å². The topological polar surface area (TPSA) is 36.1 Å². The first-order valence-electron chi connectivity index (χ1n) is 37.0. The molecule has 3 nitrogen and oxygen atoms in total. The van der Waals surface area contributed by atoms with E-state index in [1.807, 2.05) is 0 Å². The Morgan fingerprint density at radius 2 is 0.633 bits per heavy atom. The minimum atomic E-state index is 0.281. The molecule has 0 saturated carbocycles. The fourth-order valence-electron chi connectivity index (χ4n) is 13.4. The van der Waals surface area contributed by atoms with Crippen LogP contribution < -0.4 is 16.0 Å². The number of hydrogen-bond acceptors (Lipinski definition) is 3. The van der Waals surface area contributed by atoms with Gasteiger partial charge in [0, 0.05) is 17.7 Å². The van der Waals surface area contributed by atoms with Gasteiger partial charge in [0.05, 0.1) is 0 Å². The van der Waals surface area contributed by atoms with Crippen LogP contribution in [-0.4, -0.2) is 32.7 Å². The Bertz CT molecular complexity index is 1250. The molecule has 0 aromatic rings. The molecule has 3 N–H and O–H groups in total. The van der Waals surface area contributed by atoms with Gasteiger partial charge in [-0.25, -0.2) is 0 Å². The molecule has 1 saturated heterocycles. The molecule has 3 heteroatoms. The summed E-state index contributed by atoms with van der Waals surface area (Å²) in [7, 11) is 0. The molecule has 1 aliphatic heterocycles. The number of piperidine rings is 1. The van der Waals surface area contributed by atoms with Gasteiger partial charge in [0.25, 0.3) is 0 Å². The molecule has 79 heavy (non-hydrogen) atoms. The molecule has 1 fully saturated rings. The van der Waals surface area contributed by atoms with Gasteiger partial charge in [0.1, 0.15) is 0 Å². The first-order chi connectivity index (χ1) is 38.8. The van der Waals surface area contributed by atoms with E-state index in [0.717, 1.165) is 37.4 Å². The molecule has 1 rings (SSSR count). The molecule has 1 unspecified atom stereocenters. The van der Waals surface area contributed by atoms with Crippen molar-refractivity contribution in [2.75, 3.05) is 32.7 Å². The van der Waals surface area contributed by atoms with Crippen LogP contribution in [0.4, 0.5) is 0 Å². The summed E-state index contributed by atoms with van der Waals surface area (Å²) in [5.41, 5.74) is 4.77. The van der Waals surface area contributed by atoms with Gasteiger partial charge in [-0.2, -0.15) is 0 Å². The summed E-state index contributed by atoms with van der Waals surface area (Å²) >= 11 is 0. The van der Waals surface area contributed by atoms with Crippen LogP contribution in [0.25, 0.3) is 0 Å². The fourth-order valence-corrected chi connectivity index (χ4v) is 13.4.